The minimum absolute atomic E-state index is 0.0309. The highest BCUT2D eigenvalue weighted by Crippen LogP contribution is 1.98. The van der Waals surface area contributed by atoms with Gasteiger partial charge in [0.1, 0.15) is 0 Å². The number of amides is 2. The van der Waals surface area contributed by atoms with Crippen molar-refractivity contribution in [1.29, 1.82) is 0 Å². The molecule has 0 bridgehead atoms. The first-order valence-electron chi connectivity index (χ1n) is 5.82. The van der Waals surface area contributed by atoms with Gasteiger partial charge in [0.25, 0.3) is 0 Å². The molecule has 5 nitrogen and oxygen atoms in total. The average Bonchev–Trinajstić information content (AvgIpc) is 2.23. The van der Waals surface area contributed by atoms with E-state index in [4.69, 9.17) is 10.8 Å². The van der Waals surface area contributed by atoms with Crippen LogP contribution in [0.25, 0.3) is 0 Å². The van der Waals surface area contributed by atoms with E-state index in [2.05, 4.69) is 5.32 Å². The predicted molar refractivity (Wildman–Crippen MR) is 61.6 cm³/mol. The van der Waals surface area contributed by atoms with Crippen molar-refractivity contribution in [2.24, 2.45) is 5.73 Å². The quantitative estimate of drug-likeness (QED) is 0.472. The lowest BCUT2D eigenvalue weighted by Gasteiger charge is -2.04. The van der Waals surface area contributed by atoms with Crippen molar-refractivity contribution in [3.8, 4) is 0 Å². The fourth-order valence-corrected chi connectivity index (χ4v) is 1.31. The molecule has 0 saturated heterocycles. The number of unbranched alkanes of at least 4 members (excludes halogenated alkanes) is 3. The van der Waals surface area contributed by atoms with E-state index in [1.165, 1.54) is 0 Å². The Kier molecular flexibility index (Phi) is 9.70. The van der Waals surface area contributed by atoms with Crippen LogP contribution in [0.4, 0.5) is 0 Å². The lowest BCUT2D eigenvalue weighted by molar-refractivity contribution is -0.121. The number of hydrogen-bond donors (Lipinski definition) is 3. The van der Waals surface area contributed by atoms with Crippen LogP contribution in [0.3, 0.4) is 0 Å². The van der Waals surface area contributed by atoms with Crippen LogP contribution in [0.2, 0.25) is 0 Å². The van der Waals surface area contributed by atoms with E-state index in [0.717, 1.165) is 25.7 Å². The summed E-state index contributed by atoms with van der Waals surface area (Å²) in [6, 6.07) is 0. The molecule has 4 N–H and O–H groups in total. The van der Waals surface area contributed by atoms with Crippen molar-refractivity contribution in [3.05, 3.63) is 0 Å². The molecular formula is C11H22N2O3. The average molecular weight is 230 g/mol. The summed E-state index contributed by atoms with van der Waals surface area (Å²) in [4.78, 5) is 21.6. The molecule has 0 aromatic rings. The summed E-state index contributed by atoms with van der Waals surface area (Å²) in [6.07, 6.45) is 4.86. The summed E-state index contributed by atoms with van der Waals surface area (Å²) in [6.45, 7) is 0.789. The summed E-state index contributed by atoms with van der Waals surface area (Å²) >= 11 is 0. The number of primary amides is 1. The molecule has 0 aliphatic carbocycles. The van der Waals surface area contributed by atoms with Gasteiger partial charge in [-0.15, -0.1) is 0 Å². The fourth-order valence-electron chi connectivity index (χ4n) is 1.31. The molecule has 0 aromatic carbocycles. The summed E-state index contributed by atoms with van der Waals surface area (Å²) < 4.78 is 0. The SMILES string of the molecule is NC(=O)CCCCCNC(=O)CCCCO. The molecule has 0 unspecified atom stereocenters. The molecule has 0 aliphatic heterocycles. The second-order valence-corrected chi connectivity index (χ2v) is 3.81. The lowest BCUT2D eigenvalue weighted by atomic mass is 10.2. The molecule has 2 amide bonds. The smallest absolute Gasteiger partial charge is 0.219 e. The van der Waals surface area contributed by atoms with Gasteiger partial charge >= 0.3 is 0 Å². The molecule has 0 aromatic heterocycles. The van der Waals surface area contributed by atoms with E-state index in [1.54, 1.807) is 0 Å². The van der Waals surface area contributed by atoms with Crippen molar-refractivity contribution in [1.82, 2.24) is 5.32 Å². The molecule has 0 fully saturated rings. The van der Waals surface area contributed by atoms with Gasteiger partial charge in [-0.3, -0.25) is 9.59 Å². The standard InChI is InChI=1S/C11H22N2O3/c12-10(15)6-2-1-4-8-13-11(16)7-3-5-9-14/h14H,1-9H2,(H2,12,15)(H,13,16). The van der Waals surface area contributed by atoms with Gasteiger partial charge in [0.15, 0.2) is 0 Å². The minimum atomic E-state index is -0.270. The van der Waals surface area contributed by atoms with Gasteiger partial charge < -0.3 is 16.2 Å². The molecule has 16 heavy (non-hydrogen) atoms. The molecule has 0 radical (unpaired) electrons. The number of carbonyl (C=O) groups is 2. The fraction of sp³-hybridized carbons (Fsp3) is 0.818. The number of aliphatic hydroxyl groups excluding tert-OH is 1. The van der Waals surface area contributed by atoms with Crippen LogP contribution in [-0.4, -0.2) is 30.1 Å². The highest BCUT2D eigenvalue weighted by molar-refractivity contribution is 5.75. The summed E-state index contributed by atoms with van der Waals surface area (Å²) in [5.74, 6) is -0.239. The number of hydrogen-bond acceptors (Lipinski definition) is 3. The lowest BCUT2D eigenvalue weighted by Crippen LogP contribution is -2.24. The Morgan fingerprint density at radius 2 is 1.69 bits per heavy atom. The summed E-state index contributed by atoms with van der Waals surface area (Å²) in [5.41, 5.74) is 4.99. The van der Waals surface area contributed by atoms with Crippen molar-refractivity contribution < 1.29 is 14.7 Å². The molecule has 0 heterocycles. The van der Waals surface area contributed by atoms with Gasteiger partial charge in [-0.25, -0.2) is 0 Å². The number of aliphatic hydroxyl groups is 1. The van der Waals surface area contributed by atoms with E-state index in [9.17, 15) is 9.59 Å². The first-order chi connectivity index (χ1) is 7.66. The van der Waals surface area contributed by atoms with Crippen LogP contribution < -0.4 is 11.1 Å². The van der Waals surface area contributed by atoms with Crippen molar-refractivity contribution in [2.75, 3.05) is 13.2 Å². The summed E-state index contributed by atoms with van der Waals surface area (Å²) in [5, 5.41) is 11.3. The molecule has 5 heteroatoms. The van der Waals surface area contributed by atoms with Crippen LogP contribution in [-0.2, 0) is 9.59 Å². The van der Waals surface area contributed by atoms with E-state index < -0.39 is 0 Å². The van der Waals surface area contributed by atoms with Crippen LogP contribution >= 0.6 is 0 Å². The Hall–Kier alpha value is -1.10. The highest BCUT2D eigenvalue weighted by atomic mass is 16.3. The Morgan fingerprint density at radius 1 is 1.00 bits per heavy atom. The van der Waals surface area contributed by atoms with Gasteiger partial charge in [0, 0.05) is 26.0 Å². The zero-order chi connectivity index (χ0) is 12.2. The number of nitrogens with two attached hydrogens (primary N) is 1. The Bertz CT molecular complexity index is 207. The zero-order valence-electron chi connectivity index (χ0n) is 9.71. The van der Waals surface area contributed by atoms with Crippen LogP contribution in [0.15, 0.2) is 0 Å². The molecular weight excluding hydrogens is 208 g/mol. The van der Waals surface area contributed by atoms with Crippen LogP contribution in [0.1, 0.15) is 44.9 Å². The normalized spacial score (nSPS) is 10.1. The van der Waals surface area contributed by atoms with E-state index in [-0.39, 0.29) is 18.4 Å². The van der Waals surface area contributed by atoms with E-state index >= 15 is 0 Å². The maximum atomic E-state index is 11.2. The number of nitrogens with one attached hydrogen (secondary N) is 1. The van der Waals surface area contributed by atoms with Crippen molar-refractivity contribution in [3.63, 3.8) is 0 Å². The van der Waals surface area contributed by atoms with Crippen molar-refractivity contribution >= 4 is 11.8 Å². The number of carbonyl (C=O) groups excluding carboxylic acids is 2. The van der Waals surface area contributed by atoms with Crippen LogP contribution in [0.5, 0.6) is 0 Å². The van der Waals surface area contributed by atoms with Crippen molar-refractivity contribution in [2.45, 2.75) is 44.9 Å². The molecule has 0 saturated carbocycles. The molecule has 0 aliphatic rings. The van der Waals surface area contributed by atoms with Crippen LogP contribution in [0, 0.1) is 0 Å². The first-order valence-corrected chi connectivity index (χ1v) is 5.82. The Balaban J connectivity index is 3.18. The third-order valence-electron chi connectivity index (χ3n) is 2.23. The van der Waals surface area contributed by atoms with Gasteiger partial charge in [0.05, 0.1) is 0 Å². The third-order valence-corrected chi connectivity index (χ3v) is 2.23. The highest BCUT2D eigenvalue weighted by Gasteiger charge is 2.00. The van der Waals surface area contributed by atoms with Gasteiger partial charge in [-0.05, 0) is 25.7 Å². The first kappa shape index (κ1) is 14.9. The molecule has 0 spiro atoms. The van der Waals surface area contributed by atoms with Gasteiger partial charge in [0.2, 0.25) is 11.8 Å². The zero-order valence-corrected chi connectivity index (χ0v) is 9.71. The summed E-state index contributed by atoms with van der Waals surface area (Å²) in [7, 11) is 0. The monoisotopic (exact) mass is 230 g/mol. The van der Waals surface area contributed by atoms with E-state index in [1.807, 2.05) is 0 Å². The third kappa shape index (κ3) is 11.0. The van der Waals surface area contributed by atoms with Gasteiger partial charge in [-0.2, -0.15) is 0 Å². The van der Waals surface area contributed by atoms with Gasteiger partial charge in [-0.1, -0.05) is 6.42 Å². The molecule has 0 atom stereocenters. The minimum Gasteiger partial charge on any atom is -0.396 e. The Labute approximate surface area is 96.4 Å². The largest absolute Gasteiger partial charge is 0.396 e. The number of rotatable bonds is 10. The predicted octanol–water partition coefficient (Wildman–Crippen LogP) is 0.311. The Morgan fingerprint density at radius 3 is 2.31 bits per heavy atom. The molecule has 94 valence electrons. The second-order valence-electron chi connectivity index (χ2n) is 3.81. The topological polar surface area (TPSA) is 92.4 Å². The van der Waals surface area contributed by atoms with E-state index in [0.29, 0.717) is 25.8 Å². The molecule has 0 rings (SSSR count). The maximum absolute atomic E-state index is 11.2. The maximum Gasteiger partial charge on any atom is 0.219 e. The second kappa shape index (κ2) is 10.4.